The summed E-state index contributed by atoms with van der Waals surface area (Å²) in [5.41, 5.74) is 8.34. The third-order valence-electron chi connectivity index (χ3n) is 3.27. The first kappa shape index (κ1) is 12.6. The van der Waals surface area contributed by atoms with E-state index in [-0.39, 0.29) is 5.82 Å². The molecule has 0 amide bonds. The van der Waals surface area contributed by atoms with Crippen LogP contribution in [0.5, 0.6) is 5.75 Å². The van der Waals surface area contributed by atoms with Crippen molar-refractivity contribution < 1.29 is 9.13 Å². The predicted octanol–water partition coefficient (Wildman–Crippen LogP) is 2.76. The molecule has 1 unspecified atom stereocenters. The summed E-state index contributed by atoms with van der Waals surface area (Å²) in [5, 5.41) is 0.966. The molecule has 0 saturated carbocycles. The Kier molecular flexibility index (Phi) is 3.12. The number of halogens is 1. The van der Waals surface area contributed by atoms with Gasteiger partial charge in [0.05, 0.1) is 13.2 Å². The van der Waals surface area contributed by atoms with Gasteiger partial charge in [0.15, 0.2) is 0 Å². The number of aromatic amines is 1. The van der Waals surface area contributed by atoms with Crippen molar-refractivity contribution in [2.24, 2.45) is 5.73 Å². The van der Waals surface area contributed by atoms with Crippen molar-refractivity contribution >= 4 is 11.0 Å². The molecule has 102 valence electrons. The number of hydrogen-bond donors (Lipinski definition) is 2. The molecule has 2 heterocycles. The molecule has 0 aliphatic carbocycles. The summed E-state index contributed by atoms with van der Waals surface area (Å²) in [5.74, 6) is 0.219. The van der Waals surface area contributed by atoms with Gasteiger partial charge in [-0.15, -0.1) is 0 Å². The number of nitrogens with one attached hydrogen (secondary N) is 1. The van der Waals surface area contributed by atoms with Crippen molar-refractivity contribution in [3.05, 3.63) is 59.7 Å². The Morgan fingerprint density at radius 2 is 2.15 bits per heavy atom. The smallest absolute Gasteiger partial charge is 0.137 e. The van der Waals surface area contributed by atoms with E-state index in [9.17, 15) is 4.39 Å². The first-order chi connectivity index (χ1) is 9.69. The van der Waals surface area contributed by atoms with Crippen LogP contribution < -0.4 is 10.5 Å². The SMILES string of the molecule is COc1ccc(F)cc1C(N)c1cc2cccnc2[nH]1. The van der Waals surface area contributed by atoms with Crippen LogP contribution in [-0.2, 0) is 0 Å². The second-order valence-corrected chi connectivity index (χ2v) is 4.53. The summed E-state index contributed by atoms with van der Waals surface area (Å²) in [4.78, 5) is 7.37. The zero-order valence-electron chi connectivity index (χ0n) is 10.9. The van der Waals surface area contributed by atoms with E-state index in [1.54, 1.807) is 12.3 Å². The maximum atomic E-state index is 13.4. The summed E-state index contributed by atoms with van der Waals surface area (Å²) >= 11 is 0. The lowest BCUT2D eigenvalue weighted by Crippen LogP contribution is -2.13. The number of nitrogens with zero attached hydrogens (tertiary/aromatic N) is 1. The minimum atomic E-state index is -0.505. The molecule has 1 atom stereocenters. The highest BCUT2D eigenvalue weighted by atomic mass is 19.1. The fraction of sp³-hybridized carbons (Fsp3) is 0.133. The van der Waals surface area contributed by atoms with Gasteiger partial charge in [-0.3, -0.25) is 0 Å². The summed E-state index contributed by atoms with van der Waals surface area (Å²) in [6.45, 7) is 0. The average molecular weight is 271 g/mol. The number of nitrogens with two attached hydrogens (primary N) is 1. The molecule has 20 heavy (non-hydrogen) atoms. The van der Waals surface area contributed by atoms with Crippen LogP contribution in [-0.4, -0.2) is 17.1 Å². The van der Waals surface area contributed by atoms with Crippen molar-refractivity contribution in [3.8, 4) is 5.75 Å². The maximum absolute atomic E-state index is 13.4. The lowest BCUT2D eigenvalue weighted by molar-refractivity contribution is 0.406. The molecular weight excluding hydrogens is 257 g/mol. The molecule has 3 N–H and O–H groups in total. The van der Waals surface area contributed by atoms with E-state index in [1.807, 2.05) is 18.2 Å². The van der Waals surface area contributed by atoms with Crippen molar-refractivity contribution in [2.45, 2.75) is 6.04 Å². The normalized spacial score (nSPS) is 12.6. The lowest BCUT2D eigenvalue weighted by atomic mass is 10.0. The summed E-state index contributed by atoms with van der Waals surface area (Å²) in [6, 6.07) is 9.52. The predicted molar refractivity (Wildman–Crippen MR) is 75.1 cm³/mol. The van der Waals surface area contributed by atoms with Crippen molar-refractivity contribution in [3.63, 3.8) is 0 Å². The highest BCUT2D eigenvalue weighted by molar-refractivity contribution is 5.76. The minimum absolute atomic E-state index is 0.342. The molecule has 0 spiro atoms. The van der Waals surface area contributed by atoms with Crippen LogP contribution in [0.25, 0.3) is 11.0 Å². The van der Waals surface area contributed by atoms with Gasteiger partial charge < -0.3 is 15.5 Å². The molecule has 4 nitrogen and oxygen atoms in total. The van der Waals surface area contributed by atoms with Crippen molar-refractivity contribution in [2.75, 3.05) is 7.11 Å². The quantitative estimate of drug-likeness (QED) is 0.770. The zero-order valence-corrected chi connectivity index (χ0v) is 10.9. The second kappa shape index (κ2) is 4.94. The minimum Gasteiger partial charge on any atom is -0.496 e. The molecule has 0 radical (unpaired) electrons. The number of fused-ring (bicyclic) bond motifs is 1. The number of hydrogen-bond acceptors (Lipinski definition) is 3. The third kappa shape index (κ3) is 2.12. The van der Waals surface area contributed by atoms with Crippen LogP contribution in [0.15, 0.2) is 42.6 Å². The number of benzene rings is 1. The summed E-state index contributed by atoms with van der Waals surface area (Å²) < 4.78 is 18.7. The van der Waals surface area contributed by atoms with E-state index < -0.39 is 6.04 Å². The van der Waals surface area contributed by atoms with Gasteiger partial charge in [-0.2, -0.15) is 0 Å². The average Bonchev–Trinajstić information content (AvgIpc) is 2.90. The fourth-order valence-corrected chi connectivity index (χ4v) is 2.26. The molecule has 2 aromatic heterocycles. The van der Waals surface area contributed by atoms with Gasteiger partial charge in [0.25, 0.3) is 0 Å². The number of rotatable bonds is 3. The molecular formula is C15H14FN3O. The molecule has 5 heteroatoms. The van der Waals surface area contributed by atoms with Gasteiger partial charge in [-0.05, 0) is 36.4 Å². The lowest BCUT2D eigenvalue weighted by Gasteiger charge is -2.14. The monoisotopic (exact) mass is 271 g/mol. The van der Waals surface area contributed by atoms with Gasteiger partial charge >= 0.3 is 0 Å². The second-order valence-electron chi connectivity index (χ2n) is 4.53. The molecule has 0 fully saturated rings. The molecule has 1 aromatic carbocycles. The van der Waals surface area contributed by atoms with Gasteiger partial charge in [-0.25, -0.2) is 9.37 Å². The highest BCUT2D eigenvalue weighted by Crippen LogP contribution is 2.29. The van der Waals surface area contributed by atoms with E-state index in [0.29, 0.717) is 11.3 Å². The summed E-state index contributed by atoms with van der Waals surface area (Å²) in [7, 11) is 1.54. The van der Waals surface area contributed by atoms with Gasteiger partial charge in [0, 0.05) is 22.8 Å². The van der Waals surface area contributed by atoms with E-state index in [2.05, 4.69) is 9.97 Å². The van der Waals surface area contributed by atoms with Crippen molar-refractivity contribution in [1.82, 2.24) is 9.97 Å². The Labute approximate surface area is 115 Å². The number of H-pyrrole nitrogens is 1. The Balaban J connectivity index is 2.07. The molecule has 3 rings (SSSR count). The first-order valence-electron chi connectivity index (χ1n) is 6.21. The molecule has 0 saturated heterocycles. The fourth-order valence-electron chi connectivity index (χ4n) is 2.26. The van der Waals surface area contributed by atoms with Crippen LogP contribution >= 0.6 is 0 Å². The van der Waals surface area contributed by atoms with Crippen LogP contribution in [0, 0.1) is 5.82 Å². The first-order valence-corrected chi connectivity index (χ1v) is 6.21. The Bertz CT molecular complexity index is 721. The molecule has 0 aliphatic heterocycles. The molecule has 3 aromatic rings. The van der Waals surface area contributed by atoms with E-state index >= 15 is 0 Å². The highest BCUT2D eigenvalue weighted by Gasteiger charge is 2.17. The van der Waals surface area contributed by atoms with E-state index in [0.717, 1.165) is 16.7 Å². The van der Waals surface area contributed by atoms with Crippen LogP contribution in [0.2, 0.25) is 0 Å². The number of methoxy groups -OCH3 is 1. The Hall–Kier alpha value is -2.40. The number of aromatic nitrogens is 2. The Morgan fingerprint density at radius 3 is 2.90 bits per heavy atom. The van der Waals surface area contributed by atoms with Crippen LogP contribution in [0.1, 0.15) is 17.3 Å². The van der Waals surface area contributed by atoms with Gasteiger partial charge in [-0.1, -0.05) is 0 Å². The Morgan fingerprint density at radius 1 is 1.30 bits per heavy atom. The zero-order chi connectivity index (χ0) is 14.1. The number of pyridine rings is 1. The molecule has 0 aliphatic rings. The summed E-state index contributed by atoms with van der Waals surface area (Å²) in [6.07, 6.45) is 1.71. The van der Waals surface area contributed by atoms with Crippen LogP contribution in [0.3, 0.4) is 0 Å². The standard InChI is InChI=1S/C15H14FN3O/c1-20-13-5-4-10(16)8-11(13)14(17)12-7-9-3-2-6-18-15(9)19-12/h2-8,14H,17H2,1H3,(H,18,19). The van der Waals surface area contributed by atoms with Gasteiger partial charge in [0.1, 0.15) is 17.2 Å². The topological polar surface area (TPSA) is 63.9 Å². The van der Waals surface area contributed by atoms with Gasteiger partial charge in [0.2, 0.25) is 0 Å². The van der Waals surface area contributed by atoms with E-state index in [4.69, 9.17) is 10.5 Å². The largest absolute Gasteiger partial charge is 0.496 e. The number of ether oxygens (including phenoxy) is 1. The van der Waals surface area contributed by atoms with Crippen LogP contribution in [0.4, 0.5) is 4.39 Å². The maximum Gasteiger partial charge on any atom is 0.137 e. The third-order valence-corrected chi connectivity index (χ3v) is 3.27. The van der Waals surface area contributed by atoms with E-state index in [1.165, 1.54) is 19.2 Å². The molecule has 0 bridgehead atoms. The van der Waals surface area contributed by atoms with Crippen molar-refractivity contribution in [1.29, 1.82) is 0 Å².